The Morgan fingerprint density at radius 1 is 0.262 bits per heavy atom. The first kappa shape index (κ1) is 74.6. The van der Waals surface area contributed by atoms with E-state index in [1.165, 1.54) is 109 Å². The third-order valence-electron chi connectivity index (χ3n) is 17.3. The zero-order chi connectivity index (χ0) is 74.6. The molecule has 3 fully saturated rings. The van der Waals surface area contributed by atoms with Crippen molar-refractivity contribution in [1.82, 2.24) is 0 Å². The van der Waals surface area contributed by atoms with Crippen LogP contribution in [0.4, 0.5) is 0 Å². The number of aliphatic hydroxyl groups excluding tert-OH is 1. The monoisotopic (exact) mass is 1450 g/mol. The molecule has 0 saturated carbocycles. The van der Waals surface area contributed by atoms with E-state index in [1.54, 1.807) is 164 Å². The van der Waals surface area contributed by atoms with Gasteiger partial charge in [-0.3, -0.25) is 0 Å². The molecule has 0 aromatic heterocycles. The summed E-state index contributed by atoms with van der Waals surface area (Å²) < 4.78 is 95.0. The lowest BCUT2D eigenvalue weighted by Crippen LogP contribution is -2.67. The summed E-state index contributed by atoms with van der Waals surface area (Å²) in [4.78, 5) is 130. The lowest BCUT2D eigenvalue weighted by molar-refractivity contribution is -0.361. The van der Waals surface area contributed by atoms with E-state index in [-0.39, 0.29) is 50.1 Å². The van der Waals surface area contributed by atoms with E-state index in [4.69, 9.17) is 71.1 Å². The van der Waals surface area contributed by atoms with Crippen molar-refractivity contribution in [3.05, 3.63) is 323 Å². The summed E-state index contributed by atoms with van der Waals surface area (Å²) >= 11 is 0. The van der Waals surface area contributed by atoms with Crippen molar-refractivity contribution in [3.63, 3.8) is 0 Å². The van der Waals surface area contributed by atoms with Gasteiger partial charge in [-0.25, -0.2) is 43.2 Å². The quantitative estimate of drug-likeness (QED) is 0.0389. The first-order valence-electron chi connectivity index (χ1n) is 33.9. The minimum absolute atomic E-state index is 0.000452. The number of rotatable bonds is 26. The van der Waals surface area contributed by atoms with E-state index in [9.17, 15) is 48.3 Å². The van der Waals surface area contributed by atoms with Gasteiger partial charge < -0.3 is 76.2 Å². The van der Waals surface area contributed by atoms with Crippen LogP contribution in [0.25, 0.3) is 0 Å². The Balaban J connectivity index is 0.954. The van der Waals surface area contributed by atoms with Gasteiger partial charge in [0.05, 0.1) is 56.7 Å². The van der Waals surface area contributed by atoms with E-state index in [2.05, 4.69) is 0 Å². The number of hydrogen-bond acceptors (Lipinski definition) is 25. The maximum atomic E-state index is 14.8. The summed E-state index contributed by atoms with van der Waals surface area (Å²) in [6.45, 7) is -2.45. The van der Waals surface area contributed by atoms with Gasteiger partial charge in [0, 0.05) is 7.11 Å². The molecule has 12 rings (SSSR count). The fourth-order valence-corrected chi connectivity index (χ4v) is 11.9. The van der Waals surface area contributed by atoms with Crippen LogP contribution in [0.2, 0.25) is 0 Å². The Kier molecular flexibility index (Phi) is 25.2. The van der Waals surface area contributed by atoms with E-state index in [0.29, 0.717) is 0 Å². The molecule has 3 saturated heterocycles. The van der Waals surface area contributed by atoms with Crippen molar-refractivity contribution in [1.29, 1.82) is 0 Å². The Bertz CT molecular complexity index is 4450. The van der Waals surface area contributed by atoms with Crippen LogP contribution in [0.15, 0.2) is 273 Å². The van der Waals surface area contributed by atoms with Gasteiger partial charge in [0.15, 0.2) is 61.6 Å². The number of hydrogen-bond donors (Lipinski definition) is 1. The van der Waals surface area contributed by atoms with Crippen molar-refractivity contribution in [3.8, 4) is 0 Å². The molecule has 0 amide bonds. The summed E-state index contributed by atoms with van der Waals surface area (Å²) in [6, 6.07) is 69.0. The molecule has 0 spiro atoms. The molecule has 3 aliphatic rings. The molecule has 25 nitrogen and oxygen atoms in total. The normalized spacial score (nSPS) is 23.8. The number of carbonyl (C=O) groups excluding carboxylic acids is 9. The zero-order valence-corrected chi connectivity index (χ0v) is 57.0. The van der Waals surface area contributed by atoms with Crippen LogP contribution < -0.4 is 0 Å². The Morgan fingerprint density at radius 3 is 0.766 bits per heavy atom. The summed E-state index contributed by atoms with van der Waals surface area (Å²) in [6.07, 6.45) is -28.9. The molecule has 3 aliphatic heterocycles. The van der Waals surface area contributed by atoms with Gasteiger partial charge in [-0.05, 0) is 109 Å². The van der Waals surface area contributed by atoms with E-state index >= 15 is 0 Å². The first-order valence-corrected chi connectivity index (χ1v) is 33.9. The molecule has 0 aliphatic carbocycles. The first-order chi connectivity index (χ1) is 52.2. The van der Waals surface area contributed by atoms with Crippen molar-refractivity contribution in [2.75, 3.05) is 26.9 Å². The van der Waals surface area contributed by atoms with Crippen LogP contribution in [0, 0.1) is 0 Å². The molecular formula is C82H70O25. The highest BCUT2D eigenvalue weighted by atomic mass is 16.8. The molecule has 1 N–H and O–H groups in total. The molecule has 25 heteroatoms. The Morgan fingerprint density at radius 2 is 0.486 bits per heavy atom. The number of benzene rings is 9. The smallest absolute Gasteiger partial charge is 0.338 e. The fraction of sp³-hybridized carbons (Fsp3) is 0.232. The molecule has 9 aromatic rings. The predicted molar refractivity (Wildman–Crippen MR) is 373 cm³/mol. The third-order valence-corrected chi connectivity index (χ3v) is 17.3. The number of aliphatic hydroxyl groups is 1. The number of methoxy groups -OCH3 is 1. The van der Waals surface area contributed by atoms with Gasteiger partial charge in [-0.15, -0.1) is 0 Å². The molecule has 548 valence electrons. The Hall–Kier alpha value is -12.1. The average Bonchev–Trinajstić information content (AvgIpc) is 0.767. The second-order valence-corrected chi connectivity index (χ2v) is 24.4. The van der Waals surface area contributed by atoms with Gasteiger partial charge in [0.1, 0.15) is 43.7 Å². The van der Waals surface area contributed by atoms with Crippen LogP contribution in [0.1, 0.15) is 93.2 Å². The van der Waals surface area contributed by atoms with Gasteiger partial charge in [0.2, 0.25) is 0 Å². The largest absolute Gasteiger partial charge is 0.459 e. The van der Waals surface area contributed by atoms with Crippen molar-refractivity contribution >= 4 is 53.7 Å². The van der Waals surface area contributed by atoms with Crippen LogP contribution in [0.3, 0.4) is 0 Å². The minimum atomic E-state index is -2.17. The molecule has 0 bridgehead atoms. The van der Waals surface area contributed by atoms with Gasteiger partial charge in [0.25, 0.3) is 0 Å². The number of carbonyl (C=O) groups is 9. The molecule has 0 radical (unpaired) electrons. The van der Waals surface area contributed by atoms with Gasteiger partial charge in [-0.2, -0.15) is 0 Å². The van der Waals surface area contributed by atoms with Crippen LogP contribution in [-0.2, 0) is 71.1 Å². The SMILES string of the molecule is COC1OC(COC2OC(COC(=O)c3ccccc3)C(OC(=O)c3ccccc3)C(OC(=O)c3ccccc3)C2OC(=O)c2ccccc2)C(O)C(OC2OC(COC(=O)c3ccccc3)C(OC(=O)c3ccccc3)C(OC(=O)c3ccccc3)C2OC(=O)c2ccccc2)C1OC(=O)c1ccccc1. The van der Waals surface area contributed by atoms with Crippen molar-refractivity contribution in [2.24, 2.45) is 0 Å². The molecule has 15 atom stereocenters. The lowest BCUT2D eigenvalue weighted by atomic mass is 9.95. The van der Waals surface area contributed by atoms with Gasteiger partial charge >= 0.3 is 53.7 Å². The summed E-state index contributed by atoms with van der Waals surface area (Å²) in [5.41, 5.74) is 0.0812. The zero-order valence-electron chi connectivity index (χ0n) is 57.0. The van der Waals surface area contributed by atoms with Crippen LogP contribution >= 0.6 is 0 Å². The minimum Gasteiger partial charge on any atom is -0.459 e. The van der Waals surface area contributed by atoms with Crippen molar-refractivity contribution in [2.45, 2.75) is 92.1 Å². The van der Waals surface area contributed by atoms with Crippen molar-refractivity contribution < 1.29 is 119 Å². The second-order valence-electron chi connectivity index (χ2n) is 24.4. The maximum absolute atomic E-state index is 14.8. The van der Waals surface area contributed by atoms with Crippen LogP contribution in [-0.4, -0.2) is 178 Å². The highest BCUT2D eigenvalue weighted by molar-refractivity contribution is 5.94. The molecule has 9 aromatic carbocycles. The second kappa shape index (κ2) is 36.1. The van der Waals surface area contributed by atoms with E-state index < -0.39 is 166 Å². The average molecular weight is 1460 g/mol. The summed E-state index contributed by atoms with van der Waals surface area (Å²) in [5.74, 6) is -8.94. The van der Waals surface area contributed by atoms with E-state index in [0.717, 1.165) is 7.11 Å². The molecular weight excluding hydrogens is 1380 g/mol. The van der Waals surface area contributed by atoms with E-state index in [1.807, 2.05) is 0 Å². The topological polar surface area (TPSA) is 312 Å². The lowest BCUT2D eigenvalue weighted by Gasteiger charge is -2.48. The fourth-order valence-electron chi connectivity index (χ4n) is 11.9. The summed E-state index contributed by atoms with van der Waals surface area (Å²) in [7, 11) is 1.16. The molecule has 15 unspecified atom stereocenters. The third kappa shape index (κ3) is 18.9. The molecule has 107 heavy (non-hydrogen) atoms. The number of esters is 9. The maximum Gasteiger partial charge on any atom is 0.338 e. The summed E-state index contributed by atoms with van der Waals surface area (Å²) in [5, 5.41) is 13.3. The molecule has 3 heterocycles. The highest BCUT2D eigenvalue weighted by Gasteiger charge is 2.59. The van der Waals surface area contributed by atoms with Crippen LogP contribution in [0.5, 0.6) is 0 Å². The predicted octanol–water partition coefficient (Wildman–Crippen LogP) is 9.86. The number of ether oxygens (including phenoxy) is 15. The van der Waals surface area contributed by atoms with Gasteiger partial charge in [-0.1, -0.05) is 164 Å². The Labute approximate surface area is 612 Å². The highest BCUT2D eigenvalue weighted by Crippen LogP contribution is 2.38. The standard InChI is InChI=1S/C82H70O25/c1-93-80-68(104-77(90)56-41-23-8-24-42-56)65(107-82-70(106-79(92)58-45-27-10-28-46-58)67(103-76(89)55-39-21-7-22-40-55)64(101-74(87)53-35-17-5-18-36-53)61(99-82)49-95-72(85)51-31-13-3-14-32-51)62(83)59(97-80)47-96-81-69(105-78(91)57-43-25-9-26-44-57)66(102-75(88)54-37-19-6-20-38-54)63(100-73(86)52-33-15-4-16-34-52)60(98-81)48-94-71(84)50-29-11-2-12-30-50/h2-46,59-70,80-83H,47-49H2,1H3.